The molecule has 148 valence electrons. The molecule has 1 saturated heterocycles. The molecule has 1 fully saturated rings. The van der Waals surface area contributed by atoms with E-state index in [0.29, 0.717) is 11.7 Å². The van der Waals surface area contributed by atoms with Gasteiger partial charge in [-0.05, 0) is 51.4 Å². The molecule has 1 atom stereocenters. The van der Waals surface area contributed by atoms with Crippen LogP contribution in [0.1, 0.15) is 25.3 Å². The molecule has 7 nitrogen and oxygen atoms in total. The average molecular weight is 400 g/mol. The molecular formula is C20H25N5O2S. The van der Waals surface area contributed by atoms with Crippen LogP contribution in [0.3, 0.4) is 0 Å². The van der Waals surface area contributed by atoms with Crippen LogP contribution in [0.5, 0.6) is 0 Å². The van der Waals surface area contributed by atoms with E-state index in [9.17, 15) is 8.42 Å². The smallest absolute Gasteiger partial charge is 0.269 e. The minimum absolute atomic E-state index is 0.250. The Labute approximate surface area is 165 Å². The number of likely N-dealkylation sites (N-methyl/N-ethyl adjacent to an activating group) is 1. The summed E-state index contributed by atoms with van der Waals surface area (Å²) in [5.41, 5.74) is 1.42. The first-order chi connectivity index (χ1) is 13.5. The molecule has 3 heterocycles. The summed E-state index contributed by atoms with van der Waals surface area (Å²) in [7, 11) is -3.72. The summed E-state index contributed by atoms with van der Waals surface area (Å²) in [6.45, 7) is 6.78. The van der Waals surface area contributed by atoms with Crippen molar-refractivity contribution in [2.75, 3.05) is 24.5 Å². The first kappa shape index (κ1) is 18.9. The number of piperidine rings is 1. The summed E-state index contributed by atoms with van der Waals surface area (Å²) < 4.78 is 27.6. The van der Waals surface area contributed by atoms with E-state index in [0.717, 1.165) is 49.2 Å². The molecule has 0 unspecified atom stereocenters. The Morgan fingerprint density at radius 2 is 2.00 bits per heavy atom. The average Bonchev–Trinajstić information content (AvgIpc) is 3.15. The fourth-order valence-corrected chi connectivity index (χ4v) is 5.14. The van der Waals surface area contributed by atoms with Gasteiger partial charge in [-0.3, -0.25) is 0 Å². The van der Waals surface area contributed by atoms with Crippen LogP contribution in [0, 0.1) is 6.92 Å². The molecule has 1 aromatic carbocycles. The summed E-state index contributed by atoms with van der Waals surface area (Å²) in [4.78, 5) is 11.3. The van der Waals surface area contributed by atoms with E-state index in [4.69, 9.17) is 0 Å². The molecule has 28 heavy (non-hydrogen) atoms. The molecule has 2 aromatic heterocycles. The number of rotatable bonds is 5. The van der Waals surface area contributed by atoms with Crippen molar-refractivity contribution in [2.45, 2.75) is 37.6 Å². The third-order valence-corrected chi connectivity index (χ3v) is 7.01. The summed E-state index contributed by atoms with van der Waals surface area (Å²) in [5.74, 6) is 0.791. The van der Waals surface area contributed by atoms with Crippen LogP contribution >= 0.6 is 0 Å². The molecule has 0 radical (unpaired) electrons. The topological polar surface area (TPSA) is 80.1 Å². The van der Waals surface area contributed by atoms with Crippen molar-refractivity contribution in [3.63, 3.8) is 0 Å². The van der Waals surface area contributed by atoms with Crippen molar-refractivity contribution in [1.82, 2.24) is 19.3 Å². The SMILES string of the molecule is CCN(c1ncnc2c1ccn2S(=O)(=O)c1ccc(C)cc1)[C@H]1CCCNC1. The van der Waals surface area contributed by atoms with Crippen molar-refractivity contribution in [2.24, 2.45) is 0 Å². The van der Waals surface area contributed by atoms with Crippen molar-refractivity contribution in [3.8, 4) is 0 Å². The van der Waals surface area contributed by atoms with Crippen molar-refractivity contribution < 1.29 is 8.42 Å². The van der Waals surface area contributed by atoms with Crippen LogP contribution in [0.4, 0.5) is 5.82 Å². The summed E-state index contributed by atoms with van der Waals surface area (Å²) >= 11 is 0. The van der Waals surface area contributed by atoms with Crippen LogP contribution in [-0.4, -0.2) is 48.0 Å². The number of anilines is 1. The van der Waals surface area contributed by atoms with E-state index in [2.05, 4.69) is 27.1 Å². The van der Waals surface area contributed by atoms with Crippen LogP contribution in [-0.2, 0) is 10.0 Å². The number of nitrogens with one attached hydrogen (secondary N) is 1. The van der Waals surface area contributed by atoms with Crippen molar-refractivity contribution >= 4 is 26.9 Å². The number of fused-ring (bicyclic) bond motifs is 1. The molecular weight excluding hydrogens is 374 g/mol. The molecule has 0 amide bonds. The quantitative estimate of drug-likeness (QED) is 0.710. The van der Waals surface area contributed by atoms with Gasteiger partial charge < -0.3 is 10.2 Å². The second-order valence-electron chi connectivity index (χ2n) is 7.15. The Bertz CT molecular complexity index is 1070. The van der Waals surface area contributed by atoms with Gasteiger partial charge in [0, 0.05) is 25.3 Å². The zero-order valence-corrected chi connectivity index (χ0v) is 17.0. The fraction of sp³-hybridized carbons (Fsp3) is 0.400. The molecule has 0 aliphatic carbocycles. The molecule has 1 aliphatic rings. The van der Waals surface area contributed by atoms with Crippen molar-refractivity contribution in [1.29, 1.82) is 0 Å². The molecule has 1 N–H and O–H groups in total. The third-order valence-electron chi connectivity index (χ3n) is 5.33. The van der Waals surface area contributed by atoms with E-state index in [1.807, 2.05) is 6.92 Å². The molecule has 0 saturated carbocycles. The predicted octanol–water partition coefficient (Wildman–Crippen LogP) is 2.56. The van der Waals surface area contributed by atoms with Crippen molar-refractivity contribution in [3.05, 3.63) is 48.4 Å². The lowest BCUT2D eigenvalue weighted by atomic mass is 10.1. The molecule has 4 rings (SSSR count). The molecule has 0 spiro atoms. The van der Waals surface area contributed by atoms with Gasteiger partial charge in [0.25, 0.3) is 10.0 Å². The first-order valence-corrected chi connectivity index (χ1v) is 11.1. The Morgan fingerprint density at radius 1 is 1.21 bits per heavy atom. The van der Waals surface area contributed by atoms with Gasteiger partial charge in [0.05, 0.1) is 10.3 Å². The Hall–Kier alpha value is -2.45. The standard InChI is InChI=1S/C20H25N5O2S/c1-3-24(16-5-4-11-21-13-16)19-18-10-12-25(20(18)23-14-22-19)28(26,27)17-8-6-15(2)7-9-17/h6-10,12,14,16,21H,3-5,11,13H2,1-2H3/t16-/m0/s1. The maximum atomic E-state index is 13.2. The number of hydrogen-bond donors (Lipinski definition) is 1. The van der Waals surface area contributed by atoms with E-state index in [-0.39, 0.29) is 4.90 Å². The number of aryl methyl sites for hydroxylation is 1. The summed E-state index contributed by atoms with van der Waals surface area (Å²) in [5, 5.41) is 4.19. The van der Waals surface area contributed by atoms with Crippen LogP contribution in [0.15, 0.2) is 47.8 Å². The minimum Gasteiger partial charge on any atom is -0.352 e. The number of hydrogen-bond acceptors (Lipinski definition) is 6. The zero-order valence-electron chi connectivity index (χ0n) is 16.2. The zero-order chi connectivity index (χ0) is 19.7. The fourth-order valence-electron chi connectivity index (χ4n) is 3.84. The van der Waals surface area contributed by atoms with E-state index in [1.165, 1.54) is 10.3 Å². The van der Waals surface area contributed by atoms with E-state index < -0.39 is 10.0 Å². The summed E-state index contributed by atoms with van der Waals surface area (Å²) in [6.07, 6.45) is 5.25. The van der Waals surface area contributed by atoms with Gasteiger partial charge in [0.15, 0.2) is 5.65 Å². The lowest BCUT2D eigenvalue weighted by molar-refractivity contribution is 0.434. The number of nitrogens with zero attached hydrogens (tertiary/aromatic N) is 4. The molecule has 1 aliphatic heterocycles. The third kappa shape index (κ3) is 3.27. The highest BCUT2D eigenvalue weighted by molar-refractivity contribution is 7.90. The van der Waals surface area contributed by atoms with Gasteiger partial charge in [-0.25, -0.2) is 22.4 Å². The Balaban J connectivity index is 1.79. The highest BCUT2D eigenvalue weighted by Crippen LogP contribution is 2.29. The maximum absolute atomic E-state index is 13.2. The largest absolute Gasteiger partial charge is 0.352 e. The van der Waals surface area contributed by atoms with E-state index in [1.54, 1.807) is 36.5 Å². The van der Waals surface area contributed by atoms with Gasteiger partial charge in [-0.1, -0.05) is 17.7 Å². The van der Waals surface area contributed by atoms with Gasteiger partial charge >= 0.3 is 0 Å². The predicted molar refractivity (Wildman–Crippen MR) is 110 cm³/mol. The highest BCUT2D eigenvalue weighted by Gasteiger charge is 2.25. The van der Waals surface area contributed by atoms with E-state index >= 15 is 0 Å². The van der Waals surface area contributed by atoms with Crippen LogP contribution in [0.25, 0.3) is 11.0 Å². The Kier molecular flexibility index (Phi) is 5.07. The highest BCUT2D eigenvalue weighted by atomic mass is 32.2. The lowest BCUT2D eigenvalue weighted by Gasteiger charge is -2.35. The molecule has 8 heteroatoms. The summed E-state index contributed by atoms with van der Waals surface area (Å²) in [6, 6.07) is 9.00. The maximum Gasteiger partial charge on any atom is 0.269 e. The molecule has 3 aromatic rings. The lowest BCUT2D eigenvalue weighted by Crippen LogP contribution is -2.46. The second-order valence-corrected chi connectivity index (χ2v) is 8.97. The van der Waals surface area contributed by atoms with Crippen LogP contribution in [0.2, 0.25) is 0 Å². The monoisotopic (exact) mass is 399 g/mol. The Morgan fingerprint density at radius 3 is 2.68 bits per heavy atom. The van der Waals surface area contributed by atoms with Gasteiger partial charge in [0.1, 0.15) is 12.1 Å². The van der Waals surface area contributed by atoms with Gasteiger partial charge in [0.2, 0.25) is 0 Å². The minimum atomic E-state index is -3.72. The number of aromatic nitrogens is 3. The first-order valence-electron chi connectivity index (χ1n) is 9.64. The van der Waals surface area contributed by atoms with Gasteiger partial charge in [-0.2, -0.15) is 0 Å². The van der Waals surface area contributed by atoms with Gasteiger partial charge in [-0.15, -0.1) is 0 Å². The second kappa shape index (κ2) is 7.52. The normalized spacial score (nSPS) is 17.7. The van der Waals surface area contributed by atoms with Crippen LogP contribution < -0.4 is 10.2 Å². The number of benzene rings is 1. The molecule has 0 bridgehead atoms.